The van der Waals surface area contributed by atoms with Gasteiger partial charge in [0, 0.05) is 12.6 Å². The summed E-state index contributed by atoms with van der Waals surface area (Å²) < 4.78 is 25.8. The summed E-state index contributed by atoms with van der Waals surface area (Å²) in [5, 5.41) is 22.5. The molecule has 0 saturated carbocycles. The summed E-state index contributed by atoms with van der Waals surface area (Å²) in [6.45, 7) is 2.43. The first-order valence-corrected chi connectivity index (χ1v) is 7.40. The molecule has 0 bridgehead atoms. The van der Waals surface area contributed by atoms with Crippen LogP contribution < -0.4 is 15.1 Å². The maximum atomic E-state index is 12.0. The van der Waals surface area contributed by atoms with Crippen LogP contribution in [0.3, 0.4) is 0 Å². The highest BCUT2D eigenvalue weighted by Crippen LogP contribution is 2.14. The minimum atomic E-state index is -4.14. The molecule has 0 heterocycles. The zero-order chi connectivity index (χ0) is 16.2. The molecule has 1 rings (SSSR count). The molecule has 0 unspecified atom stereocenters. The molecule has 0 aliphatic rings. The second-order valence-corrected chi connectivity index (χ2v) is 6.08. The van der Waals surface area contributed by atoms with E-state index in [1.807, 2.05) is 4.72 Å². The highest BCUT2D eigenvalue weighted by Gasteiger charge is 2.24. The Kier molecular flexibility index (Phi) is 5.41. The number of rotatable bonds is 6. The first-order valence-electron chi connectivity index (χ1n) is 5.92. The maximum Gasteiger partial charge on any atom is 0.241 e. The normalized spacial score (nSPS) is 14.2. The van der Waals surface area contributed by atoms with Crippen LogP contribution in [0.4, 0.5) is 5.69 Å². The van der Waals surface area contributed by atoms with Crippen molar-refractivity contribution in [2.75, 3.05) is 5.32 Å². The van der Waals surface area contributed by atoms with E-state index in [0.29, 0.717) is 5.69 Å². The number of carboxylic acid groups (broad SMARTS) is 1. The summed E-state index contributed by atoms with van der Waals surface area (Å²) in [7, 11) is -4.14. The Bertz CT molecular complexity index is 624. The Balaban J connectivity index is 2.97. The largest absolute Gasteiger partial charge is 0.548 e. The molecule has 1 aromatic carbocycles. The van der Waals surface area contributed by atoms with Gasteiger partial charge in [0.2, 0.25) is 15.9 Å². The number of amides is 1. The molecule has 3 N–H and O–H groups in total. The summed E-state index contributed by atoms with van der Waals surface area (Å²) in [4.78, 5) is 21.4. The van der Waals surface area contributed by atoms with Gasteiger partial charge in [-0.3, -0.25) is 4.79 Å². The van der Waals surface area contributed by atoms with Crippen molar-refractivity contribution < 1.29 is 28.2 Å². The van der Waals surface area contributed by atoms with Gasteiger partial charge >= 0.3 is 0 Å². The maximum absolute atomic E-state index is 12.0. The van der Waals surface area contributed by atoms with E-state index in [1.165, 1.54) is 31.2 Å². The van der Waals surface area contributed by atoms with Crippen molar-refractivity contribution in [3.63, 3.8) is 0 Å². The number of carboxylic acids is 1. The first-order chi connectivity index (χ1) is 9.63. The number of hydrogen-bond acceptors (Lipinski definition) is 6. The lowest BCUT2D eigenvalue weighted by Gasteiger charge is -2.22. The van der Waals surface area contributed by atoms with Gasteiger partial charge in [0.15, 0.2) is 0 Å². The second-order valence-electron chi connectivity index (χ2n) is 4.36. The van der Waals surface area contributed by atoms with Gasteiger partial charge in [0.1, 0.15) is 0 Å². The average molecular weight is 315 g/mol. The molecular formula is C12H15N2O6S-. The van der Waals surface area contributed by atoms with Gasteiger partial charge in [0.25, 0.3) is 0 Å². The summed E-state index contributed by atoms with van der Waals surface area (Å²) in [6.07, 6.45) is -1.46. The zero-order valence-electron chi connectivity index (χ0n) is 11.4. The third-order valence-corrected chi connectivity index (χ3v) is 3.96. The lowest BCUT2D eigenvalue weighted by atomic mass is 10.2. The van der Waals surface area contributed by atoms with Crippen molar-refractivity contribution >= 4 is 27.6 Å². The average Bonchev–Trinajstić information content (AvgIpc) is 2.35. The van der Waals surface area contributed by atoms with E-state index in [9.17, 15) is 28.2 Å². The third-order valence-electron chi connectivity index (χ3n) is 2.50. The Morgan fingerprint density at radius 3 is 2.14 bits per heavy atom. The molecule has 8 nitrogen and oxygen atoms in total. The number of nitrogens with one attached hydrogen (secondary N) is 2. The molecule has 0 spiro atoms. The number of sulfonamides is 1. The fraction of sp³-hybridized carbons (Fsp3) is 0.333. The number of benzene rings is 1. The molecule has 21 heavy (non-hydrogen) atoms. The van der Waals surface area contributed by atoms with Crippen LogP contribution in [0.25, 0.3) is 0 Å². The van der Waals surface area contributed by atoms with Gasteiger partial charge in [-0.05, 0) is 31.2 Å². The van der Waals surface area contributed by atoms with Crippen molar-refractivity contribution in [3.05, 3.63) is 24.3 Å². The van der Waals surface area contributed by atoms with Crippen LogP contribution in [0.5, 0.6) is 0 Å². The van der Waals surface area contributed by atoms with Crippen LogP contribution in [0, 0.1) is 0 Å². The minimum absolute atomic E-state index is 0.205. The van der Waals surface area contributed by atoms with Crippen LogP contribution in [0.15, 0.2) is 29.2 Å². The number of aliphatic hydroxyl groups excluding tert-OH is 1. The molecular weight excluding hydrogens is 300 g/mol. The van der Waals surface area contributed by atoms with Crippen molar-refractivity contribution in [1.82, 2.24) is 4.72 Å². The zero-order valence-corrected chi connectivity index (χ0v) is 12.2. The van der Waals surface area contributed by atoms with Crippen molar-refractivity contribution in [3.8, 4) is 0 Å². The summed E-state index contributed by atoms with van der Waals surface area (Å²) in [6, 6.07) is 3.34. The predicted octanol–water partition coefficient (Wildman–Crippen LogP) is -1.58. The smallest absolute Gasteiger partial charge is 0.241 e. The van der Waals surface area contributed by atoms with E-state index in [2.05, 4.69) is 5.32 Å². The van der Waals surface area contributed by atoms with Gasteiger partial charge < -0.3 is 20.3 Å². The highest BCUT2D eigenvalue weighted by atomic mass is 32.2. The van der Waals surface area contributed by atoms with E-state index in [0.717, 1.165) is 6.92 Å². The molecule has 0 aromatic heterocycles. The van der Waals surface area contributed by atoms with Gasteiger partial charge in [-0.1, -0.05) is 0 Å². The van der Waals surface area contributed by atoms with E-state index in [-0.39, 0.29) is 10.8 Å². The molecule has 9 heteroatoms. The topological polar surface area (TPSA) is 136 Å². The standard InChI is InChI=1S/C12H16N2O6S/c1-7(15)11(12(17)18)14-21(19,20)10-5-3-9(4-6-10)13-8(2)16/h3-7,11,14-15H,1-2H3,(H,13,16)(H,17,18)/p-1/t7-,11+/m0/s1. The molecule has 0 saturated heterocycles. The Hall–Kier alpha value is -1.97. The molecule has 116 valence electrons. The first kappa shape index (κ1) is 17.1. The van der Waals surface area contributed by atoms with Crippen LogP contribution in [0.1, 0.15) is 13.8 Å². The number of hydrogen-bond donors (Lipinski definition) is 3. The Morgan fingerprint density at radius 2 is 1.76 bits per heavy atom. The number of aliphatic hydroxyl groups is 1. The summed E-state index contributed by atoms with van der Waals surface area (Å²) in [5.41, 5.74) is 0.397. The number of carbonyl (C=O) groups is 2. The fourth-order valence-electron chi connectivity index (χ4n) is 1.50. The van der Waals surface area contributed by atoms with E-state index < -0.39 is 28.1 Å². The van der Waals surface area contributed by atoms with Crippen molar-refractivity contribution in [1.29, 1.82) is 0 Å². The Labute approximate surface area is 121 Å². The van der Waals surface area contributed by atoms with E-state index in [4.69, 9.17) is 0 Å². The summed E-state index contributed by atoms with van der Waals surface area (Å²) >= 11 is 0. The predicted molar refractivity (Wildman–Crippen MR) is 71.5 cm³/mol. The van der Waals surface area contributed by atoms with Gasteiger partial charge in [-0.25, -0.2) is 8.42 Å². The molecule has 0 aliphatic heterocycles. The third kappa shape index (κ3) is 4.81. The number of aliphatic carboxylic acids is 1. The number of carbonyl (C=O) groups excluding carboxylic acids is 2. The SMILES string of the molecule is CC(=O)Nc1ccc(S(=O)(=O)N[C@@H](C(=O)[O-])[C@H](C)O)cc1. The molecule has 0 aliphatic carbocycles. The van der Waals surface area contributed by atoms with Crippen LogP contribution in [-0.2, 0) is 19.6 Å². The van der Waals surface area contributed by atoms with E-state index >= 15 is 0 Å². The van der Waals surface area contributed by atoms with Gasteiger partial charge in [-0.2, -0.15) is 4.72 Å². The minimum Gasteiger partial charge on any atom is -0.548 e. The van der Waals surface area contributed by atoms with Crippen molar-refractivity contribution in [2.45, 2.75) is 30.9 Å². The van der Waals surface area contributed by atoms with Gasteiger partial charge in [0.05, 0.1) is 23.0 Å². The van der Waals surface area contributed by atoms with Gasteiger partial charge in [-0.15, -0.1) is 0 Å². The quantitative estimate of drug-likeness (QED) is 0.580. The van der Waals surface area contributed by atoms with Crippen LogP contribution in [0.2, 0.25) is 0 Å². The van der Waals surface area contributed by atoms with Crippen LogP contribution >= 0.6 is 0 Å². The molecule has 2 atom stereocenters. The van der Waals surface area contributed by atoms with E-state index in [1.54, 1.807) is 0 Å². The monoisotopic (exact) mass is 315 g/mol. The molecule has 0 radical (unpaired) electrons. The second kappa shape index (κ2) is 6.66. The fourth-order valence-corrected chi connectivity index (χ4v) is 2.76. The van der Waals surface area contributed by atoms with Crippen LogP contribution in [-0.4, -0.2) is 37.5 Å². The molecule has 1 amide bonds. The number of anilines is 1. The lowest BCUT2D eigenvalue weighted by molar-refractivity contribution is -0.309. The Morgan fingerprint density at radius 1 is 1.24 bits per heavy atom. The lowest BCUT2D eigenvalue weighted by Crippen LogP contribution is -2.53. The summed E-state index contributed by atoms with van der Waals surface area (Å²) in [5.74, 6) is -2.04. The molecule has 1 aromatic rings. The molecule has 0 fully saturated rings. The highest BCUT2D eigenvalue weighted by molar-refractivity contribution is 7.89. The van der Waals surface area contributed by atoms with Crippen molar-refractivity contribution in [2.24, 2.45) is 0 Å².